The molecule has 2 aliphatic rings. The quantitative estimate of drug-likeness (QED) is 0.150. The molecule has 0 fully saturated rings. The molecule has 0 spiro atoms. The number of anilines is 1. The highest BCUT2D eigenvalue weighted by atomic mass is 15.2. The molecule has 0 saturated heterocycles. The van der Waals surface area contributed by atoms with Crippen molar-refractivity contribution in [2.45, 2.75) is 44.9 Å². The van der Waals surface area contributed by atoms with Gasteiger partial charge in [-0.3, -0.25) is 0 Å². The van der Waals surface area contributed by atoms with Crippen molar-refractivity contribution in [1.29, 1.82) is 0 Å². The number of allylic oxidation sites excluding steroid dienone is 6. The minimum absolute atomic E-state index is 0.0881. The van der Waals surface area contributed by atoms with Crippen LogP contribution in [0.3, 0.4) is 0 Å². The second-order valence-electron chi connectivity index (χ2n) is 13.3. The van der Waals surface area contributed by atoms with Crippen LogP contribution in [0.4, 0.5) is 11.4 Å². The van der Waals surface area contributed by atoms with Gasteiger partial charge in [0.2, 0.25) is 5.69 Å². The molecule has 1 atom stereocenters. The number of likely N-dealkylation sites (N-methyl/N-ethyl adjacent to an activating group) is 1. The molecule has 218 valence electrons. The average molecular weight is 574 g/mol. The Morgan fingerprint density at radius 3 is 2.20 bits per heavy atom. The standard InChI is InChI=1S/C42H41N2/c1-29-16-10-11-20-33(29)28-42(4)35-26-31-18-12-13-19-32(31)27-37(35)44(6)39(42)23-9-7-8-22-38-41(2,3)40-34-21-15-14-17-30(34)24-25-36(40)43(38)5/h7-27H,28H2,1-6H3/q+1. The van der Waals surface area contributed by atoms with E-state index in [1.165, 1.54) is 66.6 Å². The maximum absolute atomic E-state index is 2.42. The van der Waals surface area contributed by atoms with E-state index in [0.29, 0.717) is 0 Å². The fraction of sp³-hybridized carbons (Fsp3) is 0.214. The highest BCUT2D eigenvalue weighted by Gasteiger charge is 2.44. The van der Waals surface area contributed by atoms with E-state index in [0.717, 1.165) is 6.42 Å². The van der Waals surface area contributed by atoms with E-state index in [9.17, 15) is 0 Å². The van der Waals surface area contributed by atoms with Crippen LogP contribution in [0.15, 0.2) is 133 Å². The topological polar surface area (TPSA) is 6.25 Å². The minimum atomic E-state index is -0.153. The molecule has 2 heteroatoms. The molecule has 1 unspecified atom stereocenters. The van der Waals surface area contributed by atoms with Gasteiger partial charge in [0.25, 0.3) is 0 Å². The number of hydrogen-bond donors (Lipinski definition) is 0. The Bertz CT molecular complexity index is 2070. The van der Waals surface area contributed by atoms with Gasteiger partial charge in [-0.15, -0.1) is 0 Å². The molecule has 2 heterocycles. The number of aryl methyl sites for hydroxylation is 1. The summed E-state index contributed by atoms with van der Waals surface area (Å²) in [7, 11) is 4.42. The number of hydrogen-bond acceptors (Lipinski definition) is 1. The molecule has 2 nitrogen and oxygen atoms in total. The summed E-state index contributed by atoms with van der Waals surface area (Å²) >= 11 is 0. The third kappa shape index (κ3) is 4.35. The first-order valence-electron chi connectivity index (χ1n) is 15.7. The van der Waals surface area contributed by atoms with Crippen LogP contribution in [0.2, 0.25) is 0 Å². The van der Waals surface area contributed by atoms with Gasteiger partial charge in [-0.25, -0.2) is 0 Å². The van der Waals surface area contributed by atoms with Crippen molar-refractivity contribution < 1.29 is 4.58 Å². The predicted octanol–water partition coefficient (Wildman–Crippen LogP) is 9.95. The van der Waals surface area contributed by atoms with E-state index in [4.69, 9.17) is 0 Å². The zero-order valence-corrected chi connectivity index (χ0v) is 26.7. The monoisotopic (exact) mass is 573 g/mol. The summed E-state index contributed by atoms with van der Waals surface area (Å²) in [4.78, 5) is 2.40. The number of fused-ring (bicyclic) bond motifs is 5. The summed E-state index contributed by atoms with van der Waals surface area (Å²) in [6, 6.07) is 35.6. The summed E-state index contributed by atoms with van der Waals surface area (Å²) in [5, 5.41) is 5.22. The lowest BCUT2D eigenvalue weighted by Gasteiger charge is -2.29. The molecule has 0 amide bonds. The number of benzene rings is 5. The van der Waals surface area contributed by atoms with Gasteiger partial charge in [-0.2, -0.15) is 4.58 Å². The lowest BCUT2D eigenvalue weighted by atomic mass is 9.75. The maximum atomic E-state index is 2.42. The molecule has 44 heavy (non-hydrogen) atoms. The highest BCUT2D eigenvalue weighted by molar-refractivity contribution is 6.07. The third-order valence-corrected chi connectivity index (χ3v) is 10.2. The Morgan fingerprint density at radius 2 is 1.43 bits per heavy atom. The zero-order chi connectivity index (χ0) is 30.6. The molecular weight excluding hydrogens is 532 g/mol. The molecule has 5 aromatic rings. The van der Waals surface area contributed by atoms with Crippen LogP contribution in [0.25, 0.3) is 21.5 Å². The SMILES string of the molecule is Cc1ccccc1CC1(C)C(=CC=CC=CC2=[N+](C)c3ccc4ccccc4c3C2(C)C)N(C)c2cc3ccccc3cc21. The summed E-state index contributed by atoms with van der Waals surface area (Å²) < 4.78 is 2.36. The van der Waals surface area contributed by atoms with E-state index >= 15 is 0 Å². The van der Waals surface area contributed by atoms with Gasteiger partial charge in [0.05, 0.1) is 5.41 Å². The molecule has 2 aliphatic heterocycles. The Morgan fingerprint density at radius 1 is 0.750 bits per heavy atom. The second-order valence-corrected chi connectivity index (χ2v) is 13.3. The average Bonchev–Trinajstić information content (AvgIpc) is 3.35. The smallest absolute Gasteiger partial charge is 0.210 e. The van der Waals surface area contributed by atoms with E-state index < -0.39 is 0 Å². The number of rotatable bonds is 5. The molecule has 0 radical (unpaired) electrons. The van der Waals surface area contributed by atoms with Crippen LogP contribution < -0.4 is 4.90 Å². The summed E-state index contributed by atoms with van der Waals surface area (Å²) in [6.07, 6.45) is 12.2. The van der Waals surface area contributed by atoms with Gasteiger partial charge in [-0.05, 0) is 96.6 Å². The molecule has 0 bridgehead atoms. The molecular formula is C42H41N2+. The molecule has 0 saturated carbocycles. The molecule has 5 aromatic carbocycles. The normalized spacial score (nSPS) is 20.1. The van der Waals surface area contributed by atoms with E-state index in [2.05, 4.69) is 179 Å². The van der Waals surface area contributed by atoms with Gasteiger partial charge < -0.3 is 4.90 Å². The van der Waals surface area contributed by atoms with Crippen molar-refractivity contribution >= 4 is 38.6 Å². The fourth-order valence-electron chi connectivity index (χ4n) is 7.81. The Balaban J connectivity index is 1.24. The summed E-state index contributed by atoms with van der Waals surface area (Å²) in [5.74, 6) is 0. The van der Waals surface area contributed by atoms with E-state index in [-0.39, 0.29) is 10.8 Å². The lowest BCUT2D eigenvalue weighted by Crippen LogP contribution is -2.29. The van der Waals surface area contributed by atoms with Crippen LogP contribution in [0.1, 0.15) is 43.0 Å². The van der Waals surface area contributed by atoms with Crippen LogP contribution in [-0.4, -0.2) is 24.4 Å². The van der Waals surface area contributed by atoms with Crippen molar-refractivity contribution in [3.8, 4) is 0 Å². The van der Waals surface area contributed by atoms with Crippen LogP contribution in [0.5, 0.6) is 0 Å². The summed E-state index contributed by atoms with van der Waals surface area (Å²) in [5.41, 5.74) is 10.5. The van der Waals surface area contributed by atoms with Crippen LogP contribution in [0, 0.1) is 6.92 Å². The Kier molecular flexibility index (Phi) is 6.70. The van der Waals surface area contributed by atoms with Gasteiger partial charge >= 0.3 is 0 Å². The maximum Gasteiger partial charge on any atom is 0.210 e. The Hall–Kier alpha value is -4.69. The molecule has 0 aromatic heterocycles. The lowest BCUT2D eigenvalue weighted by molar-refractivity contribution is -0.401. The summed E-state index contributed by atoms with van der Waals surface area (Å²) in [6.45, 7) is 9.34. The van der Waals surface area contributed by atoms with Crippen molar-refractivity contribution in [1.82, 2.24) is 0 Å². The Labute approximate surface area is 262 Å². The van der Waals surface area contributed by atoms with Crippen molar-refractivity contribution in [2.24, 2.45) is 0 Å². The largest absolute Gasteiger partial charge is 0.347 e. The highest BCUT2D eigenvalue weighted by Crippen LogP contribution is 2.50. The predicted molar refractivity (Wildman–Crippen MR) is 189 cm³/mol. The zero-order valence-electron chi connectivity index (χ0n) is 26.7. The first-order valence-corrected chi connectivity index (χ1v) is 15.7. The van der Waals surface area contributed by atoms with E-state index in [1.807, 2.05) is 0 Å². The molecule has 0 N–H and O–H groups in total. The van der Waals surface area contributed by atoms with Crippen LogP contribution >= 0.6 is 0 Å². The minimum Gasteiger partial charge on any atom is -0.347 e. The fourth-order valence-corrected chi connectivity index (χ4v) is 7.81. The van der Waals surface area contributed by atoms with Crippen molar-refractivity contribution in [3.05, 3.63) is 155 Å². The van der Waals surface area contributed by atoms with Gasteiger partial charge in [-0.1, -0.05) is 91.0 Å². The van der Waals surface area contributed by atoms with Gasteiger partial charge in [0.15, 0.2) is 5.71 Å². The van der Waals surface area contributed by atoms with E-state index in [1.54, 1.807) is 0 Å². The van der Waals surface area contributed by atoms with Gasteiger partial charge in [0.1, 0.15) is 7.05 Å². The van der Waals surface area contributed by atoms with Crippen molar-refractivity contribution in [2.75, 3.05) is 19.0 Å². The second kappa shape index (κ2) is 10.5. The van der Waals surface area contributed by atoms with Gasteiger partial charge in [0, 0.05) is 41.6 Å². The number of nitrogens with zero attached hydrogens (tertiary/aromatic N) is 2. The van der Waals surface area contributed by atoms with Crippen LogP contribution in [-0.2, 0) is 17.3 Å². The molecule has 7 rings (SSSR count). The first kappa shape index (κ1) is 28.1. The van der Waals surface area contributed by atoms with Crippen molar-refractivity contribution in [3.63, 3.8) is 0 Å². The third-order valence-electron chi connectivity index (χ3n) is 10.2. The first-order chi connectivity index (χ1) is 21.2. The molecule has 0 aliphatic carbocycles.